The van der Waals surface area contributed by atoms with Crippen LogP contribution in [-0.2, 0) is 4.43 Å². The fourth-order valence-corrected chi connectivity index (χ4v) is 1.23. The van der Waals surface area contributed by atoms with E-state index in [2.05, 4.69) is 0 Å². The molecular formula is C7H17NO3Si. The minimum Gasteiger partial charge on any atom is -0.410 e. The lowest BCUT2D eigenvalue weighted by molar-refractivity contribution is -0.563. The molecule has 0 radical (unpaired) electrons. The van der Waals surface area contributed by atoms with Gasteiger partial charge in [-0.3, -0.25) is 10.1 Å². The summed E-state index contributed by atoms with van der Waals surface area (Å²) < 4.78 is 5.45. The van der Waals surface area contributed by atoms with E-state index in [9.17, 15) is 10.1 Å². The quantitative estimate of drug-likeness (QED) is 0.387. The lowest BCUT2D eigenvalue weighted by atomic mass is 10.1. The van der Waals surface area contributed by atoms with Crippen LogP contribution in [0, 0.1) is 10.1 Å². The van der Waals surface area contributed by atoms with Gasteiger partial charge in [0.2, 0.25) is 5.54 Å². The summed E-state index contributed by atoms with van der Waals surface area (Å²) in [7, 11) is -1.62. The van der Waals surface area contributed by atoms with Crippen molar-refractivity contribution in [3.05, 3.63) is 10.1 Å². The molecule has 0 fully saturated rings. The molecule has 5 heteroatoms. The molecule has 0 unspecified atom stereocenters. The summed E-state index contributed by atoms with van der Waals surface area (Å²) in [6, 6.07) is 0. The summed E-state index contributed by atoms with van der Waals surface area (Å²) in [5.74, 6) is 0. The van der Waals surface area contributed by atoms with Gasteiger partial charge in [0.1, 0.15) is 6.61 Å². The molecule has 0 saturated heterocycles. The van der Waals surface area contributed by atoms with Gasteiger partial charge in [-0.2, -0.15) is 0 Å². The lowest BCUT2D eigenvalue weighted by Gasteiger charge is -2.22. The molecule has 12 heavy (non-hydrogen) atoms. The van der Waals surface area contributed by atoms with Crippen molar-refractivity contribution in [2.24, 2.45) is 0 Å². The lowest BCUT2D eigenvalue weighted by Crippen LogP contribution is -2.41. The Labute approximate surface area is 74.2 Å². The minimum absolute atomic E-state index is 0.204. The van der Waals surface area contributed by atoms with Crippen molar-refractivity contribution in [2.45, 2.75) is 39.0 Å². The molecule has 72 valence electrons. The second kappa shape index (κ2) is 3.53. The average Bonchev–Trinajstić information content (AvgIpc) is 1.82. The summed E-state index contributed by atoms with van der Waals surface area (Å²) in [5, 5.41) is 10.5. The topological polar surface area (TPSA) is 52.4 Å². The standard InChI is InChI=1S/C7H17NO3Si/c1-7(2,8(9)10)6-11-12(3,4)5/h6H2,1-5H3. The first-order valence-corrected chi connectivity index (χ1v) is 7.34. The summed E-state index contributed by atoms with van der Waals surface area (Å²) in [6.07, 6.45) is 0. The number of rotatable bonds is 4. The first kappa shape index (κ1) is 11.6. The second-order valence-electron chi connectivity index (χ2n) is 4.47. The Bertz CT molecular complexity index is 174. The number of hydrogen-bond acceptors (Lipinski definition) is 3. The molecule has 0 spiro atoms. The van der Waals surface area contributed by atoms with Gasteiger partial charge >= 0.3 is 0 Å². The number of nitrogens with zero attached hydrogens (tertiary/aromatic N) is 1. The summed E-state index contributed by atoms with van der Waals surface area (Å²) in [5.41, 5.74) is -0.958. The van der Waals surface area contributed by atoms with Gasteiger partial charge in [0, 0.05) is 18.8 Å². The van der Waals surface area contributed by atoms with Crippen LogP contribution in [0.5, 0.6) is 0 Å². The fourth-order valence-electron chi connectivity index (χ4n) is 0.446. The van der Waals surface area contributed by atoms with Crippen molar-refractivity contribution in [1.29, 1.82) is 0 Å². The Kier molecular flexibility index (Phi) is 3.41. The average molecular weight is 191 g/mol. The van der Waals surface area contributed by atoms with E-state index in [4.69, 9.17) is 4.43 Å². The molecule has 0 atom stereocenters. The SMILES string of the molecule is CC(C)(CO[Si](C)(C)C)[N+](=O)[O-]. The predicted molar refractivity (Wildman–Crippen MR) is 50.4 cm³/mol. The third-order valence-corrected chi connectivity index (χ3v) is 2.36. The maximum absolute atomic E-state index is 10.5. The van der Waals surface area contributed by atoms with Crippen molar-refractivity contribution >= 4 is 8.32 Å². The minimum atomic E-state index is -1.62. The van der Waals surface area contributed by atoms with Crippen LogP contribution in [0.3, 0.4) is 0 Å². The Morgan fingerprint density at radius 3 is 2.08 bits per heavy atom. The van der Waals surface area contributed by atoms with Gasteiger partial charge in [-0.05, 0) is 19.6 Å². The van der Waals surface area contributed by atoms with Crippen LogP contribution in [0.2, 0.25) is 19.6 Å². The van der Waals surface area contributed by atoms with Crippen molar-refractivity contribution in [1.82, 2.24) is 0 Å². The number of nitro groups is 1. The highest BCUT2D eigenvalue weighted by molar-refractivity contribution is 6.69. The monoisotopic (exact) mass is 191 g/mol. The summed E-state index contributed by atoms with van der Waals surface area (Å²) >= 11 is 0. The Morgan fingerprint density at radius 2 is 1.83 bits per heavy atom. The number of hydrogen-bond donors (Lipinski definition) is 0. The van der Waals surface area contributed by atoms with Gasteiger partial charge in [-0.15, -0.1) is 0 Å². The molecule has 0 aromatic carbocycles. The Hall–Kier alpha value is -0.423. The zero-order chi connectivity index (χ0) is 9.99. The molecule has 0 saturated carbocycles. The highest BCUT2D eigenvalue weighted by Crippen LogP contribution is 2.12. The van der Waals surface area contributed by atoms with E-state index in [1.165, 1.54) is 0 Å². The zero-order valence-electron chi connectivity index (χ0n) is 8.38. The first-order valence-electron chi connectivity index (χ1n) is 3.94. The molecule has 4 nitrogen and oxygen atoms in total. The van der Waals surface area contributed by atoms with Crippen LogP contribution < -0.4 is 0 Å². The third kappa shape index (κ3) is 4.45. The summed E-state index contributed by atoms with van der Waals surface area (Å²) in [6.45, 7) is 9.41. The van der Waals surface area contributed by atoms with Crippen molar-refractivity contribution in [3.8, 4) is 0 Å². The van der Waals surface area contributed by atoms with Crippen molar-refractivity contribution in [3.63, 3.8) is 0 Å². The van der Waals surface area contributed by atoms with Crippen LogP contribution in [0.15, 0.2) is 0 Å². The molecule has 0 N–H and O–H groups in total. The van der Waals surface area contributed by atoms with E-state index in [0.717, 1.165) is 0 Å². The van der Waals surface area contributed by atoms with Gasteiger partial charge in [-0.25, -0.2) is 0 Å². The van der Waals surface area contributed by atoms with Gasteiger partial charge in [0.15, 0.2) is 8.32 Å². The van der Waals surface area contributed by atoms with Gasteiger partial charge < -0.3 is 4.43 Å². The van der Waals surface area contributed by atoms with Crippen molar-refractivity contribution < 1.29 is 9.35 Å². The molecule has 0 aromatic rings. The summed E-state index contributed by atoms with van der Waals surface area (Å²) in [4.78, 5) is 10.2. The van der Waals surface area contributed by atoms with Gasteiger partial charge in [0.05, 0.1) is 0 Å². The first-order chi connectivity index (χ1) is 5.15. The smallest absolute Gasteiger partial charge is 0.238 e. The molecule has 0 aliphatic heterocycles. The molecule has 0 aromatic heterocycles. The second-order valence-corrected chi connectivity index (χ2v) is 8.98. The molecule has 0 aliphatic rings. The normalized spacial score (nSPS) is 13.1. The largest absolute Gasteiger partial charge is 0.410 e. The van der Waals surface area contributed by atoms with Crippen LogP contribution in [0.25, 0.3) is 0 Å². The van der Waals surface area contributed by atoms with Gasteiger partial charge in [-0.1, -0.05) is 0 Å². The molecule has 0 aliphatic carbocycles. The predicted octanol–water partition coefficient (Wildman–Crippen LogP) is 1.89. The van der Waals surface area contributed by atoms with E-state index in [0.29, 0.717) is 0 Å². The molecule has 0 bridgehead atoms. The highest BCUT2D eigenvalue weighted by Gasteiger charge is 2.33. The van der Waals surface area contributed by atoms with Crippen LogP contribution in [0.1, 0.15) is 13.8 Å². The maximum atomic E-state index is 10.5. The van der Waals surface area contributed by atoms with E-state index >= 15 is 0 Å². The van der Waals surface area contributed by atoms with Gasteiger partial charge in [0.25, 0.3) is 0 Å². The van der Waals surface area contributed by atoms with Crippen LogP contribution >= 0.6 is 0 Å². The highest BCUT2D eigenvalue weighted by atomic mass is 28.4. The maximum Gasteiger partial charge on any atom is 0.238 e. The zero-order valence-corrected chi connectivity index (χ0v) is 9.38. The van der Waals surface area contributed by atoms with E-state index in [1.54, 1.807) is 13.8 Å². The molecule has 0 amide bonds. The van der Waals surface area contributed by atoms with E-state index in [-0.39, 0.29) is 11.5 Å². The molecule has 0 rings (SSSR count). The molecular weight excluding hydrogens is 174 g/mol. The fraction of sp³-hybridized carbons (Fsp3) is 1.00. The Balaban J connectivity index is 4.01. The third-order valence-electron chi connectivity index (χ3n) is 1.35. The van der Waals surface area contributed by atoms with Crippen molar-refractivity contribution in [2.75, 3.05) is 6.61 Å². The van der Waals surface area contributed by atoms with E-state index < -0.39 is 13.9 Å². The van der Waals surface area contributed by atoms with E-state index in [1.807, 2.05) is 19.6 Å². The Morgan fingerprint density at radius 1 is 1.42 bits per heavy atom. The van der Waals surface area contributed by atoms with Crippen LogP contribution in [-0.4, -0.2) is 25.4 Å². The molecule has 0 heterocycles. The van der Waals surface area contributed by atoms with Crippen LogP contribution in [0.4, 0.5) is 0 Å².